The van der Waals surface area contributed by atoms with Gasteiger partial charge >= 0.3 is 0 Å². The first-order valence-electron chi connectivity index (χ1n) is 12.2. The molecule has 38 heavy (non-hydrogen) atoms. The summed E-state index contributed by atoms with van der Waals surface area (Å²) in [6.45, 7) is 2.76. The van der Waals surface area contributed by atoms with Crippen LogP contribution in [-0.2, 0) is 10.0 Å². The summed E-state index contributed by atoms with van der Waals surface area (Å²) in [5.41, 5.74) is 10.4. The topological polar surface area (TPSA) is 96.1 Å². The number of aliphatic hydroxyl groups is 1. The van der Waals surface area contributed by atoms with Crippen LogP contribution in [0.3, 0.4) is 0 Å². The van der Waals surface area contributed by atoms with E-state index in [9.17, 15) is 8.42 Å². The van der Waals surface area contributed by atoms with E-state index in [1.807, 2.05) is 78.9 Å². The first-order chi connectivity index (χ1) is 17.9. The molecule has 0 saturated carbocycles. The number of rotatable bonds is 9. The van der Waals surface area contributed by atoms with Gasteiger partial charge in [-0.05, 0) is 47.0 Å². The highest BCUT2D eigenvalue weighted by Crippen LogP contribution is 2.25. The van der Waals surface area contributed by atoms with E-state index in [1.54, 1.807) is 19.2 Å². The smallest absolute Gasteiger partial charge is 0.243 e. The standard InChI is InChI=1S/C29H33N3O4S.ClH/c1-36-29-22-25(5-11-26(29)10-4-24-6-12-27(30)13-7-24)3-2-23-8-14-28(15-9-23)37(34,35)32-18-16-31(17-19-32)20-21-33;/h2-15,22,33H,16-21,30H2,1H3;1H/b3-2+,10-4+;. The van der Waals surface area contributed by atoms with Crippen LogP contribution in [0.1, 0.15) is 22.3 Å². The zero-order chi connectivity index (χ0) is 26.3. The Morgan fingerprint density at radius 2 is 1.39 bits per heavy atom. The van der Waals surface area contributed by atoms with Gasteiger partial charge in [-0.3, -0.25) is 4.90 Å². The van der Waals surface area contributed by atoms with Crippen molar-refractivity contribution in [2.45, 2.75) is 4.90 Å². The number of anilines is 1. The molecule has 1 heterocycles. The summed E-state index contributed by atoms with van der Waals surface area (Å²) < 4.78 is 33.1. The summed E-state index contributed by atoms with van der Waals surface area (Å²) in [6, 6.07) is 20.6. The van der Waals surface area contributed by atoms with Crippen molar-refractivity contribution in [3.05, 3.63) is 89.0 Å². The molecule has 1 fully saturated rings. The summed E-state index contributed by atoms with van der Waals surface area (Å²) in [6.07, 6.45) is 7.93. The third kappa shape index (κ3) is 7.46. The van der Waals surface area contributed by atoms with Gasteiger partial charge in [0, 0.05) is 44.0 Å². The molecule has 0 aliphatic carbocycles. The normalized spacial score (nSPS) is 15.1. The van der Waals surface area contributed by atoms with E-state index in [4.69, 9.17) is 15.6 Å². The first-order valence-corrected chi connectivity index (χ1v) is 13.7. The predicted molar refractivity (Wildman–Crippen MR) is 158 cm³/mol. The van der Waals surface area contributed by atoms with Crippen LogP contribution in [-0.4, -0.2) is 69.2 Å². The molecule has 9 heteroatoms. The number of β-amino-alcohol motifs (C(OH)–C–C–N with tert-alkyl or cyclic N) is 1. The molecule has 1 aliphatic heterocycles. The highest BCUT2D eigenvalue weighted by molar-refractivity contribution is 7.89. The van der Waals surface area contributed by atoms with Gasteiger partial charge in [-0.2, -0.15) is 4.31 Å². The number of nitrogen functional groups attached to an aromatic ring is 1. The summed E-state index contributed by atoms with van der Waals surface area (Å²) >= 11 is 0. The Kier molecular flexibility index (Phi) is 10.5. The predicted octanol–water partition coefficient (Wildman–Crippen LogP) is 4.34. The summed E-state index contributed by atoms with van der Waals surface area (Å²) in [5.74, 6) is 0.759. The monoisotopic (exact) mass is 555 g/mol. The number of hydrogen-bond acceptors (Lipinski definition) is 6. The van der Waals surface area contributed by atoms with Crippen molar-refractivity contribution in [3.63, 3.8) is 0 Å². The van der Waals surface area contributed by atoms with Crippen LogP contribution in [0.15, 0.2) is 71.6 Å². The molecule has 202 valence electrons. The zero-order valence-electron chi connectivity index (χ0n) is 21.4. The van der Waals surface area contributed by atoms with E-state index in [0.717, 1.165) is 33.7 Å². The first kappa shape index (κ1) is 29.4. The van der Waals surface area contributed by atoms with E-state index < -0.39 is 10.0 Å². The third-order valence-corrected chi connectivity index (χ3v) is 8.30. The van der Waals surface area contributed by atoms with Crippen LogP contribution in [0.4, 0.5) is 5.69 Å². The van der Waals surface area contributed by atoms with Gasteiger partial charge in [0.1, 0.15) is 5.75 Å². The molecule has 0 unspecified atom stereocenters. The Hall–Kier alpha value is -3.14. The molecule has 0 spiro atoms. The number of aliphatic hydroxyl groups excluding tert-OH is 1. The fraction of sp³-hybridized carbons (Fsp3) is 0.241. The molecule has 7 nitrogen and oxygen atoms in total. The molecule has 0 radical (unpaired) electrons. The largest absolute Gasteiger partial charge is 0.496 e. The molecule has 0 aromatic heterocycles. The number of sulfonamides is 1. The minimum absolute atomic E-state index is 0. The van der Waals surface area contributed by atoms with Gasteiger partial charge < -0.3 is 15.6 Å². The van der Waals surface area contributed by atoms with Crippen LogP contribution >= 0.6 is 12.4 Å². The Bertz CT molecular complexity index is 1350. The van der Waals surface area contributed by atoms with Crippen molar-refractivity contribution in [3.8, 4) is 5.75 Å². The van der Waals surface area contributed by atoms with Crippen LogP contribution in [0.2, 0.25) is 0 Å². The van der Waals surface area contributed by atoms with Gasteiger partial charge in [-0.25, -0.2) is 8.42 Å². The second-order valence-electron chi connectivity index (χ2n) is 8.87. The van der Waals surface area contributed by atoms with Crippen LogP contribution < -0.4 is 10.5 Å². The Balaban J connectivity index is 0.00000400. The molecule has 3 aromatic carbocycles. The maximum Gasteiger partial charge on any atom is 0.243 e. The van der Waals surface area contributed by atoms with Gasteiger partial charge in [-0.1, -0.05) is 60.7 Å². The highest BCUT2D eigenvalue weighted by Gasteiger charge is 2.28. The minimum Gasteiger partial charge on any atom is -0.496 e. The molecule has 4 rings (SSSR count). The molecule has 1 aliphatic rings. The zero-order valence-corrected chi connectivity index (χ0v) is 23.0. The molecular formula is C29H34ClN3O4S. The number of ether oxygens (including phenoxy) is 1. The fourth-order valence-corrected chi connectivity index (χ4v) is 5.61. The maximum absolute atomic E-state index is 13.0. The number of hydrogen-bond donors (Lipinski definition) is 2. The SMILES string of the molecule is COc1cc(/C=C/c2ccc(S(=O)(=O)N3CCN(CCO)CC3)cc2)ccc1/C=C/c1ccc(N)cc1.Cl. The van der Waals surface area contributed by atoms with E-state index in [-0.39, 0.29) is 19.0 Å². The van der Waals surface area contributed by atoms with Crippen LogP contribution in [0.5, 0.6) is 5.75 Å². The summed E-state index contributed by atoms with van der Waals surface area (Å²) in [5, 5.41) is 9.08. The number of nitrogens with zero attached hydrogens (tertiary/aromatic N) is 2. The number of piperazine rings is 1. The van der Waals surface area contributed by atoms with Gasteiger partial charge in [0.25, 0.3) is 0 Å². The number of nitrogens with two attached hydrogens (primary N) is 1. The van der Waals surface area contributed by atoms with Crippen molar-refractivity contribution >= 4 is 52.4 Å². The van der Waals surface area contributed by atoms with E-state index in [0.29, 0.717) is 37.6 Å². The van der Waals surface area contributed by atoms with Crippen molar-refractivity contribution in [1.29, 1.82) is 0 Å². The molecule has 0 atom stereocenters. The molecule has 1 saturated heterocycles. The molecule has 3 aromatic rings. The van der Waals surface area contributed by atoms with Crippen molar-refractivity contribution in [1.82, 2.24) is 9.21 Å². The third-order valence-electron chi connectivity index (χ3n) is 6.38. The second kappa shape index (κ2) is 13.6. The summed E-state index contributed by atoms with van der Waals surface area (Å²) in [4.78, 5) is 2.36. The summed E-state index contributed by atoms with van der Waals surface area (Å²) in [7, 11) is -1.89. The lowest BCUT2D eigenvalue weighted by Crippen LogP contribution is -2.49. The Morgan fingerprint density at radius 3 is 2.00 bits per heavy atom. The lowest BCUT2D eigenvalue weighted by molar-refractivity contribution is 0.151. The number of halogens is 1. The van der Waals surface area contributed by atoms with Crippen molar-refractivity contribution in [2.75, 3.05) is 52.2 Å². The average molecular weight is 556 g/mol. The van der Waals surface area contributed by atoms with Crippen molar-refractivity contribution in [2.24, 2.45) is 0 Å². The van der Waals surface area contributed by atoms with Crippen LogP contribution in [0.25, 0.3) is 24.3 Å². The number of methoxy groups -OCH3 is 1. The van der Waals surface area contributed by atoms with E-state index in [2.05, 4.69) is 4.90 Å². The van der Waals surface area contributed by atoms with E-state index >= 15 is 0 Å². The Morgan fingerprint density at radius 1 is 0.842 bits per heavy atom. The lowest BCUT2D eigenvalue weighted by Gasteiger charge is -2.33. The minimum atomic E-state index is -3.53. The van der Waals surface area contributed by atoms with Gasteiger partial charge in [-0.15, -0.1) is 12.4 Å². The van der Waals surface area contributed by atoms with E-state index in [1.165, 1.54) is 4.31 Å². The second-order valence-corrected chi connectivity index (χ2v) is 10.8. The molecule has 0 amide bonds. The lowest BCUT2D eigenvalue weighted by atomic mass is 10.1. The molecule has 0 bridgehead atoms. The van der Waals surface area contributed by atoms with Gasteiger partial charge in [0.15, 0.2) is 0 Å². The molecular weight excluding hydrogens is 522 g/mol. The molecule has 3 N–H and O–H groups in total. The maximum atomic E-state index is 13.0. The Labute approximate surface area is 231 Å². The van der Waals surface area contributed by atoms with Gasteiger partial charge in [0.05, 0.1) is 18.6 Å². The number of benzene rings is 3. The quantitative estimate of drug-likeness (QED) is 0.301. The average Bonchev–Trinajstić information content (AvgIpc) is 2.92. The fourth-order valence-electron chi connectivity index (χ4n) is 4.19. The van der Waals surface area contributed by atoms with Crippen molar-refractivity contribution < 1.29 is 18.3 Å². The van der Waals surface area contributed by atoms with Crippen LogP contribution in [0, 0.1) is 0 Å². The van der Waals surface area contributed by atoms with Gasteiger partial charge in [0.2, 0.25) is 10.0 Å². The highest BCUT2D eigenvalue weighted by atomic mass is 35.5.